The van der Waals surface area contributed by atoms with Crippen LogP contribution in [0, 0.1) is 0 Å². The lowest BCUT2D eigenvalue weighted by Crippen LogP contribution is -2.04. The minimum atomic E-state index is 0.654. The molecule has 2 heterocycles. The molecule has 0 spiro atoms. The fourth-order valence-electron chi connectivity index (χ4n) is 1.42. The van der Waals surface area contributed by atoms with Gasteiger partial charge < -0.3 is 5.32 Å². The lowest BCUT2D eigenvalue weighted by atomic mass is 10.3. The number of anilines is 1. The van der Waals surface area contributed by atoms with Gasteiger partial charge in [0.1, 0.15) is 12.7 Å². The van der Waals surface area contributed by atoms with Gasteiger partial charge in [0.05, 0.1) is 12.2 Å². The number of rotatable bonds is 5. The molecule has 0 aliphatic heterocycles. The van der Waals surface area contributed by atoms with E-state index in [4.69, 9.17) is 0 Å². The number of nitrogens with one attached hydrogen (secondary N) is 1. The van der Waals surface area contributed by atoms with Crippen molar-refractivity contribution >= 4 is 5.69 Å². The molecule has 0 aliphatic rings. The maximum absolute atomic E-state index is 4.29. The lowest BCUT2D eigenvalue weighted by Gasteiger charge is -2.06. The van der Waals surface area contributed by atoms with E-state index in [0.717, 1.165) is 24.3 Å². The number of hydrogen-bond acceptors (Lipinski definition) is 4. The highest BCUT2D eigenvalue weighted by atomic mass is 15.3. The van der Waals surface area contributed by atoms with Gasteiger partial charge in [-0.3, -0.25) is 4.98 Å². The summed E-state index contributed by atoms with van der Waals surface area (Å²) in [4.78, 5) is 8.19. The van der Waals surface area contributed by atoms with E-state index in [-0.39, 0.29) is 0 Å². The van der Waals surface area contributed by atoms with Crippen molar-refractivity contribution in [3.8, 4) is 0 Å². The molecule has 0 saturated heterocycles. The quantitative estimate of drug-likeness (QED) is 0.825. The third-order valence-electron chi connectivity index (χ3n) is 2.19. The normalized spacial score (nSPS) is 10.3. The van der Waals surface area contributed by atoms with E-state index in [2.05, 4.69) is 27.3 Å². The van der Waals surface area contributed by atoms with Gasteiger partial charge in [0.2, 0.25) is 0 Å². The third kappa shape index (κ3) is 2.79. The molecule has 0 atom stereocenters. The van der Waals surface area contributed by atoms with E-state index in [0.29, 0.717) is 6.54 Å². The van der Waals surface area contributed by atoms with Crippen LogP contribution in [0.2, 0.25) is 0 Å². The first-order valence-corrected chi connectivity index (χ1v) is 5.39. The van der Waals surface area contributed by atoms with Crippen molar-refractivity contribution in [3.05, 3.63) is 36.7 Å². The van der Waals surface area contributed by atoms with Crippen molar-refractivity contribution in [2.45, 2.75) is 19.9 Å². The van der Waals surface area contributed by atoms with Gasteiger partial charge >= 0.3 is 0 Å². The summed E-state index contributed by atoms with van der Waals surface area (Å²) >= 11 is 0. The van der Waals surface area contributed by atoms with Crippen molar-refractivity contribution < 1.29 is 0 Å². The maximum Gasteiger partial charge on any atom is 0.137 e. The summed E-state index contributed by atoms with van der Waals surface area (Å²) in [5, 5.41) is 7.38. The predicted molar refractivity (Wildman–Crippen MR) is 62.1 cm³/mol. The maximum atomic E-state index is 4.29. The van der Waals surface area contributed by atoms with Crippen molar-refractivity contribution in [2.24, 2.45) is 0 Å². The van der Waals surface area contributed by atoms with Crippen LogP contribution in [0.1, 0.15) is 19.0 Å². The lowest BCUT2D eigenvalue weighted by molar-refractivity contribution is 0.671. The molecule has 0 fully saturated rings. The summed E-state index contributed by atoms with van der Waals surface area (Å²) in [5.41, 5.74) is 2.08. The molecule has 0 aliphatic carbocycles. The molecule has 2 aromatic rings. The second-order valence-corrected chi connectivity index (χ2v) is 3.56. The summed E-state index contributed by atoms with van der Waals surface area (Å²) < 4.78 is 1.76. The topological polar surface area (TPSA) is 55.6 Å². The smallest absolute Gasteiger partial charge is 0.137 e. The summed E-state index contributed by atoms with van der Waals surface area (Å²) in [6.07, 6.45) is 6.14. The number of hydrogen-bond donors (Lipinski definition) is 1. The van der Waals surface area contributed by atoms with Crippen LogP contribution >= 0.6 is 0 Å². The molecule has 5 heteroatoms. The van der Waals surface area contributed by atoms with Gasteiger partial charge in [0.15, 0.2) is 0 Å². The molecule has 2 aromatic heterocycles. The second kappa shape index (κ2) is 5.25. The monoisotopic (exact) mass is 217 g/mol. The molecule has 16 heavy (non-hydrogen) atoms. The van der Waals surface area contributed by atoms with Crippen LogP contribution in [-0.2, 0) is 6.54 Å². The molecule has 84 valence electrons. The average molecular weight is 217 g/mol. The molecule has 0 unspecified atom stereocenters. The first kappa shape index (κ1) is 10.6. The van der Waals surface area contributed by atoms with Gasteiger partial charge in [-0.1, -0.05) is 6.92 Å². The Balaban J connectivity index is 2.04. The zero-order valence-electron chi connectivity index (χ0n) is 9.30. The highest BCUT2D eigenvalue weighted by Crippen LogP contribution is 2.08. The van der Waals surface area contributed by atoms with E-state index in [9.17, 15) is 0 Å². The van der Waals surface area contributed by atoms with Crippen LogP contribution in [0.3, 0.4) is 0 Å². The van der Waals surface area contributed by atoms with E-state index >= 15 is 0 Å². The van der Waals surface area contributed by atoms with Crippen molar-refractivity contribution in [1.29, 1.82) is 0 Å². The summed E-state index contributed by atoms with van der Waals surface area (Å²) in [6, 6.07) is 4.01. The Morgan fingerprint density at radius 2 is 2.38 bits per heavy atom. The molecular weight excluding hydrogens is 202 g/mol. The SMILES string of the molecule is CCCNc1ccnc(Cn2cncn2)c1. The molecule has 5 nitrogen and oxygen atoms in total. The molecule has 1 N–H and O–H groups in total. The first-order valence-electron chi connectivity index (χ1n) is 5.39. The Kier molecular flexibility index (Phi) is 3.48. The molecule has 0 bridgehead atoms. The van der Waals surface area contributed by atoms with E-state index in [1.807, 2.05) is 18.3 Å². The van der Waals surface area contributed by atoms with Crippen LogP contribution in [0.4, 0.5) is 5.69 Å². The molecular formula is C11H15N5. The van der Waals surface area contributed by atoms with Crippen molar-refractivity contribution in [3.63, 3.8) is 0 Å². The number of aromatic nitrogens is 4. The fraction of sp³-hybridized carbons (Fsp3) is 0.364. The van der Waals surface area contributed by atoms with Crippen LogP contribution in [0.25, 0.3) is 0 Å². The standard InChI is InChI=1S/C11H15N5/c1-2-4-13-10-3-5-14-11(6-10)7-16-9-12-8-15-16/h3,5-6,8-9H,2,4,7H2,1H3,(H,13,14). The minimum absolute atomic E-state index is 0.654. The Bertz CT molecular complexity index is 424. The number of pyridine rings is 1. The van der Waals surface area contributed by atoms with E-state index in [1.54, 1.807) is 11.0 Å². The van der Waals surface area contributed by atoms with Crippen molar-refractivity contribution in [1.82, 2.24) is 19.7 Å². The Morgan fingerprint density at radius 1 is 1.44 bits per heavy atom. The Morgan fingerprint density at radius 3 is 3.12 bits per heavy atom. The molecule has 0 saturated carbocycles. The van der Waals surface area contributed by atoms with Gasteiger partial charge in [0.25, 0.3) is 0 Å². The van der Waals surface area contributed by atoms with Crippen LogP contribution in [0.5, 0.6) is 0 Å². The third-order valence-corrected chi connectivity index (χ3v) is 2.19. The van der Waals surface area contributed by atoms with E-state index in [1.165, 1.54) is 6.33 Å². The minimum Gasteiger partial charge on any atom is -0.385 e. The van der Waals surface area contributed by atoms with Crippen LogP contribution in [0.15, 0.2) is 31.0 Å². The van der Waals surface area contributed by atoms with Gasteiger partial charge in [0, 0.05) is 18.4 Å². The predicted octanol–water partition coefficient (Wildman–Crippen LogP) is 1.54. The van der Waals surface area contributed by atoms with Gasteiger partial charge in [-0.25, -0.2) is 9.67 Å². The Hall–Kier alpha value is -1.91. The fourth-order valence-corrected chi connectivity index (χ4v) is 1.42. The summed E-state index contributed by atoms with van der Waals surface area (Å²) in [7, 11) is 0. The first-order chi connectivity index (χ1) is 7.88. The second-order valence-electron chi connectivity index (χ2n) is 3.56. The molecule has 0 aromatic carbocycles. The Labute approximate surface area is 94.5 Å². The largest absolute Gasteiger partial charge is 0.385 e. The zero-order chi connectivity index (χ0) is 11.2. The van der Waals surface area contributed by atoms with Crippen molar-refractivity contribution in [2.75, 3.05) is 11.9 Å². The highest BCUT2D eigenvalue weighted by molar-refractivity contribution is 5.43. The molecule has 0 radical (unpaired) electrons. The van der Waals surface area contributed by atoms with Crippen LogP contribution < -0.4 is 5.32 Å². The van der Waals surface area contributed by atoms with E-state index < -0.39 is 0 Å². The average Bonchev–Trinajstić information content (AvgIpc) is 2.80. The number of nitrogens with zero attached hydrogens (tertiary/aromatic N) is 4. The zero-order valence-corrected chi connectivity index (χ0v) is 9.30. The van der Waals surface area contributed by atoms with Gasteiger partial charge in [-0.05, 0) is 18.6 Å². The molecule has 2 rings (SSSR count). The highest BCUT2D eigenvalue weighted by Gasteiger charge is 1.98. The molecule has 0 amide bonds. The van der Waals surface area contributed by atoms with Gasteiger partial charge in [-0.2, -0.15) is 5.10 Å². The summed E-state index contributed by atoms with van der Waals surface area (Å²) in [6.45, 7) is 3.78. The van der Waals surface area contributed by atoms with Gasteiger partial charge in [-0.15, -0.1) is 0 Å². The summed E-state index contributed by atoms with van der Waals surface area (Å²) in [5.74, 6) is 0. The van der Waals surface area contributed by atoms with Crippen LogP contribution in [-0.4, -0.2) is 26.3 Å².